The molecule has 1 heterocycles. The molecule has 0 amide bonds. The van der Waals surface area contributed by atoms with Crippen LogP contribution in [-0.2, 0) is 0 Å². The Labute approximate surface area is 126 Å². The first-order chi connectivity index (χ1) is 10.3. The summed E-state index contributed by atoms with van der Waals surface area (Å²) < 4.78 is 5.33. The van der Waals surface area contributed by atoms with Gasteiger partial charge in [-0.3, -0.25) is 0 Å². The molecule has 1 aromatic carbocycles. The van der Waals surface area contributed by atoms with Crippen molar-refractivity contribution in [1.29, 1.82) is 0 Å². The highest BCUT2D eigenvalue weighted by atomic mass is 16.5. The summed E-state index contributed by atoms with van der Waals surface area (Å²) in [6.45, 7) is 8.64. The van der Waals surface area contributed by atoms with E-state index in [-0.39, 0.29) is 0 Å². The summed E-state index contributed by atoms with van der Waals surface area (Å²) >= 11 is 0. The van der Waals surface area contributed by atoms with Crippen LogP contribution in [0, 0.1) is 0 Å². The summed E-state index contributed by atoms with van der Waals surface area (Å²) in [6, 6.07) is 8.81. The van der Waals surface area contributed by atoms with Crippen molar-refractivity contribution in [2.24, 2.45) is 0 Å². The van der Waals surface area contributed by atoms with E-state index in [2.05, 4.69) is 55.1 Å². The molecule has 0 fully saturated rings. The van der Waals surface area contributed by atoms with Crippen LogP contribution < -0.4 is 4.90 Å². The number of nitrogens with zero attached hydrogens (tertiary/aromatic N) is 2. The van der Waals surface area contributed by atoms with Crippen LogP contribution in [0.15, 0.2) is 35.1 Å². The molecule has 0 bridgehead atoms. The molecule has 112 valence electrons. The average molecular weight is 284 g/mol. The molecule has 3 rings (SSSR count). The standard InChI is InChI=1S/C18H24N2O/c1-4-20(5-2)17-12-21-19-18(17)16-11-10-13(3)14-8-6-7-9-15(14)16/h6-9,12-13,16H,4-5,10-11H2,1-3H3. The lowest BCUT2D eigenvalue weighted by Crippen LogP contribution is -2.24. The van der Waals surface area contributed by atoms with E-state index in [9.17, 15) is 0 Å². The number of hydrogen-bond acceptors (Lipinski definition) is 3. The van der Waals surface area contributed by atoms with Gasteiger partial charge in [0.15, 0.2) is 0 Å². The van der Waals surface area contributed by atoms with Crippen LogP contribution in [0.3, 0.4) is 0 Å². The van der Waals surface area contributed by atoms with Crippen LogP contribution in [0.5, 0.6) is 0 Å². The van der Waals surface area contributed by atoms with Crippen molar-refractivity contribution in [3.05, 3.63) is 47.3 Å². The highest BCUT2D eigenvalue weighted by Crippen LogP contribution is 2.43. The molecule has 0 spiro atoms. The van der Waals surface area contributed by atoms with E-state index in [0.29, 0.717) is 11.8 Å². The predicted octanol–water partition coefficient (Wildman–Crippen LogP) is 4.55. The van der Waals surface area contributed by atoms with E-state index in [1.165, 1.54) is 17.5 Å². The number of benzene rings is 1. The van der Waals surface area contributed by atoms with Crippen molar-refractivity contribution >= 4 is 5.69 Å². The summed E-state index contributed by atoms with van der Waals surface area (Å²) in [5.41, 5.74) is 5.17. The van der Waals surface area contributed by atoms with Crippen LogP contribution in [-0.4, -0.2) is 18.2 Å². The second-order valence-electron chi connectivity index (χ2n) is 5.92. The zero-order valence-electron chi connectivity index (χ0n) is 13.2. The Morgan fingerprint density at radius 1 is 1.14 bits per heavy atom. The molecule has 1 aliphatic carbocycles. The topological polar surface area (TPSA) is 29.3 Å². The minimum absolute atomic E-state index is 0.367. The molecule has 2 aromatic rings. The second kappa shape index (κ2) is 5.92. The third-order valence-electron chi connectivity index (χ3n) is 4.80. The third kappa shape index (κ3) is 2.45. The van der Waals surface area contributed by atoms with Gasteiger partial charge in [0.1, 0.15) is 17.6 Å². The largest absolute Gasteiger partial charge is 0.368 e. The second-order valence-corrected chi connectivity index (χ2v) is 5.92. The fourth-order valence-electron chi connectivity index (χ4n) is 3.57. The summed E-state index contributed by atoms with van der Waals surface area (Å²) in [7, 11) is 0. The quantitative estimate of drug-likeness (QED) is 0.824. The fourth-order valence-corrected chi connectivity index (χ4v) is 3.57. The van der Waals surface area contributed by atoms with Gasteiger partial charge in [0, 0.05) is 19.0 Å². The van der Waals surface area contributed by atoms with Crippen LogP contribution in [0.1, 0.15) is 62.3 Å². The lowest BCUT2D eigenvalue weighted by atomic mass is 9.76. The summed E-state index contributed by atoms with van der Waals surface area (Å²) in [5.74, 6) is 1.01. The molecular formula is C18H24N2O. The van der Waals surface area contributed by atoms with Crippen LogP contribution in [0.25, 0.3) is 0 Å². The van der Waals surface area contributed by atoms with Crippen LogP contribution >= 0.6 is 0 Å². The first-order valence-corrected chi connectivity index (χ1v) is 8.04. The van der Waals surface area contributed by atoms with Gasteiger partial charge in [0.05, 0.1) is 0 Å². The molecule has 0 saturated heterocycles. The maximum Gasteiger partial charge on any atom is 0.147 e. The van der Waals surface area contributed by atoms with Crippen molar-refractivity contribution in [2.75, 3.05) is 18.0 Å². The molecule has 0 saturated carbocycles. The van der Waals surface area contributed by atoms with Gasteiger partial charge in [-0.15, -0.1) is 0 Å². The fraction of sp³-hybridized carbons (Fsp3) is 0.500. The maximum absolute atomic E-state index is 5.33. The molecule has 1 aromatic heterocycles. The smallest absolute Gasteiger partial charge is 0.147 e. The molecule has 1 aliphatic rings. The zero-order chi connectivity index (χ0) is 14.8. The van der Waals surface area contributed by atoms with E-state index in [0.717, 1.165) is 30.9 Å². The Bertz CT molecular complexity index is 601. The van der Waals surface area contributed by atoms with Crippen molar-refractivity contribution in [2.45, 2.75) is 45.4 Å². The third-order valence-corrected chi connectivity index (χ3v) is 4.80. The first-order valence-electron chi connectivity index (χ1n) is 8.04. The number of hydrogen-bond donors (Lipinski definition) is 0. The summed E-state index contributed by atoms with van der Waals surface area (Å²) in [5, 5.41) is 4.36. The minimum Gasteiger partial charge on any atom is -0.368 e. The monoisotopic (exact) mass is 284 g/mol. The summed E-state index contributed by atoms with van der Waals surface area (Å²) in [4.78, 5) is 2.33. The number of rotatable bonds is 4. The SMILES string of the molecule is CCN(CC)c1conc1C1CCC(C)c2ccccc21. The maximum atomic E-state index is 5.33. The van der Waals surface area contributed by atoms with Crippen molar-refractivity contribution in [3.63, 3.8) is 0 Å². The van der Waals surface area contributed by atoms with Gasteiger partial charge in [-0.1, -0.05) is 36.3 Å². The van der Waals surface area contributed by atoms with Gasteiger partial charge >= 0.3 is 0 Å². The molecule has 0 aliphatic heterocycles. The Balaban J connectivity index is 2.03. The molecule has 2 unspecified atom stereocenters. The number of anilines is 1. The Morgan fingerprint density at radius 3 is 2.57 bits per heavy atom. The van der Waals surface area contributed by atoms with Crippen LogP contribution in [0.2, 0.25) is 0 Å². The van der Waals surface area contributed by atoms with Gasteiger partial charge in [-0.05, 0) is 43.7 Å². The Morgan fingerprint density at radius 2 is 1.86 bits per heavy atom. The Kier molecular flexibility index (Phi) is 4.00. The van der Waals surface area contributed by atoms with E-state index in [4.69, 9.17) is 4.52 Å². The Hall–Kier alpha value is -1.77. The molecular weight excluding hydrogens is 260 g/mol. The number of aromatic nitrogens is 1. The van der Waals surface area contributed by atoms with E-state index < -0.39 is 0 Å². The lowest BCUT2D eigenvalue weighted by Gasteiger charge is -2.30. The van der Waals surface area contributed by atoms with E-state index in [1.807, 2.05) is 6.26 Å². The normalized spacial score (nSPS) is 21.1. The molecule has 3 heteroatoms. The van der Waals surface area contributed by atoms with Gasteiger partial charge in [-0.2, -0.15) is 0 Å². The molecule has 2 atom stereocenters. The average Bonchev–Trinajstić information content (AvgIpc) is 2.99. The van der Waals surface area contributed by atoms with Crippen molar-refractivity contribution < 1.29 is 4.52 Å². The summed E-state index contributed by atoms with van der Waals surface area (Å²) in [6.07, 6.45) is 4.17. The van der Waals surface area contributed by atoms with Gasteiger partial charge in [-0.25, -0.2) is 0 Å². The highest BCUT2D eigenvalue weighted by molar-refractivity contribution is 5.53. The molecule has 3 nitrogen and oxygen atoms in total. The predicted molar refractivity (Wildman–Crippen MR) is 86.0 cm³/mol. The molecule has 0 N–H and O–H groups in total. The van der Waals surface area contributed by atoms with E-state index in [1.54, 1.807) is 0 Å². The van der Waals surface area contributed by atoms with Crippen molar-refractivity contribution in [1.82, 2.24) is 5.16 Å². The first kappa shape index (κ1) is 14.2. The number of fused-ring (bicyclic) bond motifs is 1. The van der Waals surface area contributed by atoms with E-state index >= 15 is 0 Å². The lowest BCUT2D eigenvalue weighted by molar-refractivity contribution is 0.402. The van der Waals surface area contributed by atoms with Crippen LogP contribution in [0.4, 0.5) is 5.69 Å². The zero-order valence-corrected chi connectivity index (χ0v) is 13.2. The minimum atomic E-state index is 0.367. The van der Waals surface area contributed by atoms with Gasteiger partial charge in [0.2, 0.25) is 0 Å². The van der Waals surface area contributed by atoms with Gasteiger partial charge in [0.25, 0.3) is 0 Å². The molecule has 0 radical (unpaired) electrons. The highest BCUT2D eigenvalue weighted by Gasteiger charge is 2.30. The van der Waals surface area contributed by atoms with Gasteiger partial charge < -0.3 is 9.42 Å². The van der Waals surface area contributed by atoms with Crippen molar-refractivity contribution in [3.8, 4) is 0 Å². The molecule has 21 heavy (non-hydrogen) atoms.